The molecular formula is C47H56FN5O5SSi. The first kappa shape index (κ1) is 44.4. The van der Waals surface area contributed by atoms with E-state index in [1.54, 1.807) is 12.1 Å². The van der Waals surface area contributed by atoms with Crippen molar-refractivity contribution in [3.05, 3.63) is 117 Å². The third-order valence-corrected chi connectivity index (χ3v) is 12.6. The van der Waals surface area contributed by atoms with E-state index in [-0.39, 0.29) is 24.0 Å². The summed E-state index contributed by atoms with van der Waals surface area (Å²) in [4.78, 5) is 41.9. The molecule has 0 saturated carbocycles. The number of rotatable bonds is 14. The fourth-order valence-electron chi connectivity index (χ4n) is 6.69. The van der Waals surface area contributed by atoms with Crippen molar-refractivity contribution in [2.45, 2.75) is 84.6 Å². The largest absolute Gasteiger partial charge is 0.491 e. The Morgan fingerprint density at radius 2 is 1.82 bits per heavy atom. The molecule has 1 aliphatic heterocycles. The second-order valence-corrected chi connectivity index (χ2v) is 24.1. The monoisotopic (exact) mass is 849 g/mol. The number of pyridine rings is 1. The molecule has 6 rings (SSSR count). The number of halogens is 1. The molecule has 316 valence electrons. The lowest BCUT2D eigenvalue weighted by Crippen LogP contribution is -2.33. The van der Waals surface area contributed by atoms with E-state index in [0.717, 1.165) is 27.4 Å². The summed E-state index contributed by atoms with van der Waals surface area (Å²) in [6.45, 7) is 15.3. The first-order valence-corrected chi connectivity index (χ1v) is 25.0. The Morgan fingerprint density at radius 3 is 2.57 bits per heavy atom. The number of carbonyl (C=O) groups is 2. The van der Waals surface area contributed by atoms with Gasteiger partial charge in [-0.05, 0) is 119 Å². The minimum atomic E-state index is -1.27. The Hall–Kier alpha value is -5.13. The number of hydrogen-bond donors (Lipinski definition) is 0. The zero-order valence-corrected chi connectivity index (χ0v) is 37.9. The van der Waals surface area contributed by atoms with Gasteiger partial charge in [0.25, 0.3) is 5.91 Å². The van der Waals surface area contributed by atoms with E-state index in [9.17, 15) is 14.0 Å². The van der Waals surface area contributed by atoms with Crippen molar-refractivity contribution in [3.63, 3.8) is 0 Å². The smallest absolute Gasteiger partial charge is 0.357 e. The Kier molecular flexibility index (Phi) is 14.4. The van der Waals surface area contributed by atoms with Crippen molar-refractivity contribution in [1.29, 1.82) is 0 Å². The number of para-hydroxylation sites is 1. The van der Waals surface area contributed by atoms with Crippen LogP contribution >= 0.6 is 11.3 Å². The zero-order valence-electron chi connectivity index (χ0n) is 36.1. The van der Waals surface area contributed by atoms with Gasteiger partial charge in [-0.25, -0.2) is 14.2 Å². The number of amides is 1. The van der Waals surface area contributed by atoms with E-state index >= 15 is 0 Å². The number of aryl methyl sites for hydroxylation is 1. The van der Waals surface area contributed by atoms with Gasteiger partial charge in [-0.2, -0.15) is 4.99 Å². The second-order valence-electron chi connectivity index (χ2n) is 17.5. The van der Waals surface area contributed by atoms with E-state index in [0.29, 0.717) is 79.5 Å². The number of thiazole rings is 1. The highest BCUT2D eigenvalue weighted by molar-refractivity contribution is 7.16. The van der Waals surface area contributed by atoms with Gasteiger partial charge in [-0.15, -0.1) is 0 Å². The zero-order chi connectivity index (χ0) is 43.0. The highest BCUT2D eigenvalue weighted by Gasteiger charge is 2.27. The predicted octanol–water partition coefficient (Wildman–Crippen LogP) is 8.73. The van der Waals surface area contributed by atoms with Crippen LogP contribution in [0, 0.1) is 17.7 Å². The van der Waals surface area contributed by atoms with Crippen LogP contribution in [-0.4, -0.2) is 80.4 Å². The summed E-state index contributed by atoms with van der Waals surface area (Å²) in [5.74, 6) is 5.41. The molecule has 0 radical (unpaired) electrons. The highest BCUT2D eigenvalue weighted by Crippen LogP contribution is 2.29. The lowest BCUT2D eigenvalue weighted by Gasteiger charge is -2.31. The van der Waals surface area contributed by atoms with Gasteiger partial charge in [0.15, 0.2) is 22.1 Å². The van der Waals surface area contributed by atoms with Crippen molar-refractivity contribution in [3.8, 4) is 17.6 Å². The third kappa shape index (κ3) is 12.0. The molecule has 1 aliphatic rings. The van der Waals surface area contributed by atoms with E-state index in [2.05, 4.69) is 42.4 Å². The second kappa shape index (κ2) is 19.5. The Labute approximate surface area is 358 Å². The molecular weight excluding hydrogens is 794 g/mol. The normalized spacial score (nSPS) is 13.3. The van der Waals surface area contributed by atoms with Crippen LogP contribution in [0.5, 0.6) is 5.75 Å². The number of carbonyl (C=O) groups excluding carboxylic acids is 2. The van der Waals surface area contributed by atoms with Crippen molar-refractivity contribution < 1.29 is 28.2 Å². The molecule has 10 nitrogen and oxygen atoms in total. The Balaban J connectivity index is 1.20. The number of ether oxygens (including phenoxy) is 3. The molecule has 0 fully saturated rings. The van der Waals surface area contributed by atoms with Crippen LogP contribution in [0.15, 0.2) is 77.8 Å². The van der Waals surface area contributed by atoms with Gasteiger partial charge in [0.2, 0.25) is 0 Å². The first-order valence-electron chi connectivity index (χ1n) is 20.4. The SMILES string of the molecule is CN(C)CC#Cc1ccc(OCCCc2ccc(N3CCc4cccc(C(=O)N=c5sc6ccccc6n5COCC[Si](C)(C)C)c4C3)nc2C(=O)OC(C)(C)C)c(F)c1. The fourth-order valence-corrected chi connectivity index (χ4v) is 8.46. The summed E-state index contributed by atoms with van der Waals surface area (Å²) < 4.78 is 35.6. The van der Waals surface area contributed by atoms with Crippen molar-refractivity contribution in [2.75, 3.05) is 45.3 Å². The summed E-state index contributed by atoms with van der Waals surface area (Å²) in [6.07, 6.45) is 1.66. The average Bonchev–Trinajstić information content (AvgIpc) is 3.53. The topological polar surface area (TPSA) is 98.5 Å². The lowest BCUT2D eigenvalue weighted by atomic mass is 9.94. The summed E-state index contributed by atoms with van der Waals surface area (Å²) in [6, 6.07) is 23.4. The van der Waals surface area contributed by atoms with Gasteiger partial charge in [0.1, 0.15) is 18.1 Å². The number of fused-ring (bicyclic) bond motifs is 2. The molecule has 60 heavy (non-hydrogen) atoms. The van der Waals surface area contributed by atoms with Crippen LogP contribution in [0.1, 0.15) is 70.3 Å². The molecule has 0 saturated heterocycles. The highest BCUT2D eigenvalue weighted by atomic mass is 32.1. The molecule has 0 N–H and O–H groups in total. The predicted molar refractivity (Wildman–Crippen MR) is 240 cm³/mol. The van der Waals surface area contributed by atoms with Crippen LogP contribution in [0.3, 0.4) is 0 Å². The van der Waals surface area contributed by atoms with Gasteiger partial charge >= 0.3 is 5.97 Å². The summed E-state index contributed by atoms with van der Waals surface area (Å²) in [5.41, 5.74) is 4.26. The first-order chi connectivity index (χ1) is 28.5. The number of aromatic nitrogens is 2. The van der Waals surface area contributed by atoms with Gasteiger partial charge in [0.05, 0.1) is 23.4 Å². The van der Waals surface area contributed by atoms with E-state index in [4.69, 9.17) is 24.2 Å². The van der Waals surface area contributed by atoms with Crippen LogP contribution in [0.25, 0.3) is 10.2 Å². The average molecular weight is 850 g/mol. The summed E-state index contributed by atoms with van der Waals surface area (Å²) >= 11 is 1.47. The van der Waals surface area contributed by atoms with Crippen LogP contribution < -0.4 is 14.4 Å². The maximum absolute atomic E-state index is 14.8. The fraction of sp³-hybridized carbons (Fsp3) is 0.404. The molecule has 13 heteroatoms. The number of esters is 1. The van der Waals surface area contributed by atoms with Crippen LogP contribution in [0.4, 0.5) is 10.2 Å². The van der Waals surface area contributed by atoms with Crippen LogP contribution in [-0.2, 0) is 35.6 Å². The molecule has 5 aromatic rings. The Morgan fingerprint density at radius 1 is 1.02 bits per heavy atom. The molecule has 0 unspecified atom stereocenters. The Bertz CT molecular complexity index is 2470. The number of nitrogens with zero attached hydrogens (tertiary/aromatic N) is 5. The van der Waals surface area contributed by atoms with Gasteiger partial charge in [-0.1, -0.05) is 73.2 Å². The molecule has 3 aromatic carbocycles. The maximum Gasteiger partial charge on any atom is 0.357 e. The standard InChI is InChI=1S/C47H56FN5O5SSi/c1-47(2,3)58-45(55)43-35(16-13-27-57-40-22-20-33(30-38(40)48)14-12-25-51(4)5)21-23-42(49-43)52-26-24-34-15-11-17-36(37(34)31-52)44(54)50-46-53(32-56-28-29-60(6,7)8)39-18-9-10-19-41(39)59-46/h9-11,15,17-23,30H,13,16,24-29,31-32H2,1-8H3. The molecule has 3 heterocycles. The molecule has 0 atom stereocenters. The van der Waals surface area contributed by atoms with Crippen molar-refractivity contribution >= 4 is 47.3 Å². The van der Waals surface area contributed by atoms with Gasteiger partial charge in [-0.3, -0.25) is 14.3 Å². The molecule has 0 aliphatic carbocycles. The lowest BCUT2D eigenvalue weighted by molar-refractivity contribution is 0.00613. The van der Waals surface area contributed by atoms with Gasteiger partial charge < -0.3 is 19.1 Å². The number of anilines is 1. The quantitative estimate of drug-likeness (QED) is 0.0474. The molecule has 2 aromatic heterocycles. The van der Waals surface area contributed by atoms with Gasteiger partial charge in [0, 0.05) is 38.9 Å². The minimum Gasteiger partial charge on any atom is -0.491 e. The van der Waals surface area contributed by atoms with E-state index < -0.39 is 25.5 Å². The minimum absolute atomic E-state index is 0.148. The van der Waals surface area contributed by atoms with E-state index in [1.807, 2.05) is 92.9 Å². The molecule has 0 spiro atoms. The summed E-state index contributed by atoms with van der Waals surface area (Å²) in [7, 11) is 2.58. The third-order valence-electron chi connectivity index (χ3n) is 9.79. The van der Waals surface area contributed by atoms with Crippen molar-refractivity contribution in [1.82, 2.24) is 14.5 Å². The maximum atomic E-state index is 14.8. The molecule has 1 amide bonds. The van der Waals surface area contributed by atoms with Crippen LogP contribution in [0.2, 0.25) is 25.7 Å². The number of hydrogen-bond acceptors (Lipinski definition) is 9. The van der Waals surface area contributed by atoms with Crippen molar-refractivity contribution in [2.24, 2.45) is 4.99 Å². The summed E-state index contributed by atoms with van der Waals surface area (Å²) in [5, 5.41) is 0. The van der Waals surface area contributed by atoms with E-state index in [1.165, 1.54) is 17.4 Å². The number of benzene rings is 3. The molecule has 0 bridgehead atoms.